The van der Waals surface area contributed by atoms with Crippen LogP contribution >= 0.6 is 0 Å². The summed E-state index contributed by atoms with van der Waals surface area (Å²) >= 11 is 0. The van der Waals surface area contributed by atoms with E-state index in [1.165, 1.54) is 5.56 Å². The van der Waals surface area contributed by atoms with Crippen LogP contribution in [0.1, 0.15) is 35.2 Å². The summed E-state index contributed by atoms with van der Waals surface area (Å²) in [6.07, 6.45) is 4.45. The van der Waals surface area contributed by atoms with E-state index >= 15 is 0 Å². The van der Waals surface area contributed by atoms with Crippen molar-refractivity contribution >= 4 is 28.4 Å². The third-order valence-corrected chi connectivity index (χ3v) is 6.52. The number of amides is 2. The quantitative estimate of drug-likeness (QED) is 0.636. The van der Waals surface area contributed by atoms with Crippen LogP contribution in [0.2, 0.25) is 0 Å². The Balaban J connectivity index is 1.19. The lowest BCUT2D eigenvalue weighted by molar-refractivity contribution is -0.119. The average molecular weight is 429 g/mol. The van der Waals surface area contributed by atoms with E-state index in [0.717, 1.165) is 55.6 Å². The number of hydrogen-bond acceptors (Lipinski definition) is 4. The van der Waals surface area contributed by atoms with Gasteiger partial charge in [0.1, 0.15) is 0 Å². The number of benzene rings is 2. The lowest BCUT2D eigenvalue weighted by Crippen LogP contribution is -2.48. The maximum Gasteiger partial charge on any atom is 0.253 e. The minimum atomic E-state index is 0.0630. The lowest BCUT2D eigenvalue weighted by atomic mass is 10.1. The predicted molar refractivity (Wildman–Crippen MR) is 126 cm³/mol. The van der Waals surface area contributed by atoms with E-state index in [0.29, 0.717) is 25.1 Å². The van der Waals surface area contributed by atoms with Crippen molar-refractivity contribution in [1.29, 1.82) is 0 Å². The first kappa shape index (κ1) is 20.6. The fraction of sp³-hybridized carbons (Fsp3) is 0.346. The first-order valence-corrected chi connectivity index (χ1v) is 11.4. The molecule has 3 heterocycles. The first-order valence-electron chi connectivity index (χ1n) is 11.4. The smallest absolute Gasteiger partial charge is 0.253 e. The molecule has 0 radical (unpaired) electrons. The zero-order valence-electron chi connectivity index (χ0n) is 18.2. The van der Waals surface area contributed by atoms with Gasteiger partial charge in [0.25, 0.3) is 5.91 Å². The molecule has 5 rings (SSSR count). The molecule has 164 valence electrons. The van der Waals surface area contributed by atoms with E-state index in [1.807, 2.05) is 46.3 Å². The fourth-order valence-corrected chi connectivity index (χ4v) is 4.69. The van der Waals surface area contributed by atoms with Gasteiger partial charge in [0.05, 0.1) is 5.52 Å². The number of pyridine rings is 1. The number of piperazine rings is 1. The molecule has 6 nitrogen and oxygen atoms in total. The summed E-state index contributed by atoms with van der Waals surface area (Å²) in [6, 6.07) is 17.9. The summed E-state index contributed by atoms with van der Waals surface area (Å²) in [6.45, 7) is 4.71. The Bertz CT molecular complexity index is 1110. The van der Waals surface area contributed by atoms with E-state index in [9.17, 15) is 9.59 Å². The third kappa shape index (κ3) is 4.23. The van der Waals surface area contributed by atoms with Gasteiger partial charge in [-0.1, -0.05) is 24.3 Å². The van der Waals surface area contributed by atoms with Crippen LogP contribution in [0.4, 0.5) is 5.69 Å². The summed E-state index contributed by atoms with van der Waals surface area (Å²) in [5.41, 5.74) is 3.86. The number of piperidine rings is 1. The Labute approximate surface area is 188 Å². The van der Waals surface area contributed by atoms with Crippen molar-refractivity contribution in [2.45, 2.75) is 25.8 Å². The number of fused-ring (bicyclic) bond motifs is 1. The monoisotopic (exact) mass is 428 g/mol. The van der Waals surface area contributed by atoms with Crippen LogP contribution in [-0.2, 0) is 11.3 Å². The molecule has 0 spiro atoms. The molecule has 2 aliphatic heterocycles. The van der Waals surface area contributed by atoms with Gasteiger partial charge >= 0.3 is 0 Å². The van der Waals surface area contributed by atoms with E-state index in [-0.39, 0.29) is 11.8 Å². The Morgan fingerprint density at radius 2 is 1.66 bits per heavy atom. The number of nitrogens with zero attached hydrogens (tertiary/aromatic N) is 4. The second-order valence-electron chi connectivity index (χ2n) is 8.61. The highest BCUT2D eigenvalue weighted by Crippen LogP contribution is 2.22. The third-order valence-electron chi connectivity index (χ3n) is 6.52. The second-order valence-corrected chi connectivity index (χ2v) is 8.61. The fourth-order valence-electron chi connectivity index (χ4n) is 4.69. The molecule has 1 aromatic heterocycles. The summed E-state index contributed by atoms with van der Waals surface area (Å²) in [4.78, 5) is 35.9. The van der Waals surface area contributed by atoms with Crippen LogP contribution in [0.15, 0.2) is 60.8 Å². The molecule has 32 heavy (non-hydrogen) atoms. The molecule has 0 saturated carbocycles. The minimum absolute atomic E-state index is 0.0630. The zero-order chi connectivity index (χ0) is 21.9. The van der Waals surface area contributed by atoms with Gasteiger partial charge < -0.3 is 9.80 Å². The van der Waals surface area contributed by atoms with Gasteiger partial charge in [-0.05, 0) is 48.7 Å². The van der Waals surface area contributed by atoms with E-state index in [2.05, 4.69) is 34.1 Å². The van der Waals surface area contributed by atoms with Crippen molar-refractivity contribution in [3.63, 3.8) is 0 Å². The van der Waals surface area contributed by atoms with E-state index < -0.39 is 0 Å². The van der Waals surface area contributed by atoms with Crippen LogP contribution in [0, 0.1) is 0 Å². The molecule has 2 aromatic carbocycles. The molecule has 2 saturated heterocycles. The number of carbonyl (C=O) groups is 2. The molecule has 0 N–H and O–H groups in total. The van der Waals surface area contributed by atoms with Crippen molar-refractivity contribution in [1.82, 2.24) is 14.8 Å². The number of para-hydroxylation sites is 1. The largest absolute Gasteiger partial charge is 0.336 e. The van der Waals surface area contributed by atoms with Gasteiger partial charge in [-0.15, -0.1) is 0 Å². The van der Waals surface area contributed by atoms with Gasteiger partial charge in [0.2, 0.25) is 5.91 Å². The lowest BCUT2D eigenvalue weighted by Gasteiger charge is -2.35. The van der Waals surface area contributed by atoms with Crippen LogP contribution in [0.5, 0.6) is 0 Å². The highest BCUT2D eigenvalue weighted by atomic mass is 16.2. The number of rotatable bonds is 4. The molecule has 0 atom stereocenters. The number of anilines is 1. The zero-order valence-corrected chi connectivity index (χ0v) is 18.2. The van der Waals surface area contributed by atoms with Crippen LogP contribution in [0.3, 0.4) is 0 Å². The molecule has 2 aliphatic rings. The Morgan fingerprint density at radius 3 is 2.44 bits per heavy atom. The van der Waals surface area contributed by atoms with Crippen molar-refractivity contribution in [3.05, 3.63) is 71.9 Å². The molecule has 0 unspecified atom stereocenters. The topological polar surface area (TPSA) is 56.8 Å². The second kappa shape index (κ2) is 9.09. The summed E-state index contributed by atoms with van der Waals surface area (Å²) < 4.78 is 0. The average Bonchev–Trinajstić information content (AvgIpc) is 2.85. The van der Waals surface area contributed by atoms with Gasteiger partial charge in [-0.25, -0.2) is 0 Å². The Hall–Kier alpha value is -3.25. The van der Waals surface area contributed by atoms with Crippen molar-refractivity contribution in [2.75, 3.05) is 37.6 Å². The summed E-state index contributed by atoms with van der Waals surface area (Å²) in [5, 5.41) is 1.16. The normalized spacial score (nSPS) is 17.7. The van der Waals surface area contributed by atoms with Crippen molar-refractivity contribution < 1.29 is 9.59 Å². The van der Waals surface area contributed by atoms with Gasteiger partial charge in [0, 0.05) is 68.5 Å². The maximum absolute atomic E-state index is 13.0. The summed E-state index contributed by atoms with van der Waals surface area (Å²) in [5.74, 6) is 0.237. The number of hydrogen-bond donors (Lipinski definition) is 0. The standard InChI is InChI=1S/C26H28N4O2/c31-24-8-1-2-14-30(24)23-11-9-21(10-12-23)26(32)29-17-15-28(16-18-29)19-22-6-3-5-20-7-4-13-27-25(20)22/h3-7,9-13H,1-2,8,14-19H2. The minimum Gasteiger partial charge on any atom is -0.336 e. The summed E-state index contributed by atoms with van der Waals surface area (Å²) in [7, 11) is 0. The molecule has 6 heteroatoms. The number of carbonyl (C=O) groups excluding carboxylic acids is 2. The van der Waals surface area contributed by atoms with Crippen LogP contribution < -0.4 is 4.90 Å². The molecular weight excluding hydrogens is 400 g/mol. The van der Waals surface area contributed by atoms with Crippen LogP contribution in [-0.4, -0.2) is 59.3 Å². The molecular formula is C26H28N4O2. The maximum atomic E-state index is 13.0. The van der Waals surface area contributed by atoms with Gasteiger partial charge in [-0.2, -0.15) is 0 Å². The van der Waals surface area contributed by atoms with Gasteiger partial charge in [-0.3, -0.25) is 19.5 Å². The molecule has 0 aliphatic carbocycles. The molecule has 2 amide bonds. The van der Waals surface area contributed by atoms with Gasteiger partial charge in [0.15, 0.2) is 0 Å². The highest BCUT2D eigenvalue weighted by molar-refractivity contribution is 5.97. The molecule has 2 fully saturated rings. The number of aromatic nitrogens is 1. The van der Waals surface area contributed by atoms with Crippen molar-refractivity contribution in [3.8, 4) is 0 Å². The SMILES string of the molecule is O=C(c1ccc(N2CCCCC2=O)cc1)N1CCN(Cc2cccc3cccnc23)CC1. The Morgan fingerprint density at radius 1 is 0.875 bits per heavy atom. The van der Waals surface area contributed by atoms with E-state index in [4.69, 9.17) is 0 Å². The molecule has 0 bridgehead atoms. The highest BCUT2D eigenvalue weighted by Gasteiger charge is 2.24. The molecule has 3 aromatic rings. The first-order chi connectivity index (χ1) is 15.7. The Kier molecular flexibility index (Phi) is 5.86. The van der Waals surface area contributed by atoms with Crippen molar-refractivity contribution in [2.24, 2.45) is 0 Å². The van der Waals surface area contributed by atoms with E-state index in [1.54, 1.807) is 0 Å². The predicted octanol–water partition coefficient (Wildman–Crippen LogP) is 3.71. The van der Waals surface area contributed by atoms with Crippen LogP contribution in [0.25, 0.3) is 10.9 Å².